The minimum Gasteiger partial charge on any atom is -0.295 e. The Morgan fingerprint density at radius 2 is 0.968 bits per heavy atom. The number of para-hydroxylation sites is 3. The summed E-state index contributed by atoms with van der Waals surface area (Å²) in [5.41, 5.74) is 13.3. The quantitative estimate of drug-likeness (QED) is 0.168. The molecule has 0 N–H and O–H groups in total. The van der Waals surface area contributed by atoms with Crippen LogP contribution >= 0.6 is 11.8 Å². The fourth-order valence-corrected chi connectivity index (χ4v) is 10.5. The maximum absolute atomic E-state index is 5.18. The molecule has 1 aliphatic rings. The van der Waals surface area contributed by atoms with Gasteiger partial charge in [-0.2, -0.15) is 0 Å². The van der Waals surface area contributed by atoms with Crippen molar-refractivity contribution in [3.05, 3.63) is 212 Å². The molecule has 5 nitrogen and oxygen atoms in total. The van der Waals surface area contributed by atoms with Crippen molar-refractivity contribution in [2.75, 3.05) is 0 Å². The fourth-order valence-electron chi connectivity index (χ4n) is 9.46. The van der Waals surface area contributed by atoms with Gasteiger partial charge in [0, 0.05) is 48.3 Å². The number of rotatable bonds is 6. The molecule has 6 heteroatoms. The van der Waals surface area contributed by atoms with E-state index in [1.165, 1.54) is 59.3 Å². The molecule has 0 aliphatic carbocycles. The molecule has 0 spiro atoms. The average molecular weight is 822 g/mol. The second kappa shape index (κ2) is 14.3. The van der Waals surface area contributed by atoms with Gasteiger partial charge in [-0.15, -0.1) is 0 Å². The topological polar surface area (TPSA) is 48.5 Å². The first-order valence-electron chi connectivity index (χ1n) is 21.2. The van der Waals surface area contributed by atoms with Gasteiger partial charge in [-0.05, 0) is 81.6 Å². The molecular weight excluding hydrogens is 787 g/mol. The molecule has 4 heterocycles. The highest BCUT2D eigenvalue weighted by molar-refractivity contribution is 7.99. The Hall–Kier alpha value is -8.06. The fraction of sp³-hybridized carbons (Fsp3) is 0. The number of nitrogens with zero attached hydrogens (tertiary/aromatic N) is 5. The van der Waals surface area contributed by atoms with Crippen molar-refractivity contribution in [3.8, 4) is 67.8 Å². The van der Waals surface area contributed by atoms with E-state index in [0.29, 0.717) is 17.5 Å². The lowest BCUT2D eigenvalue weighted by Gasteiger charge is -2.21. The lowest BCUT2D eigenvalue weighted by molar-refractivity contribution is 1.03. The molecule has 0 bridgehead atoms. The Kier molecular flexibility index (Phi) is 8.08. The molecule has 0 unspecified atom stereocenters. The monoisotopic (exact) mass is 821 g/mol. The third-order valence-electron chi connectivity index (χ3n) is 12.3. The Bertz CT molecular complexity index is 3760. The predicted octanol–water partition coefficient (Wildman–Crippen LogP) is 14.9. The number of hydrogen-bond acceptors (Lipinski definition) is 4. The zero-order chi connectivity index (χ0) is 41.4. The van der Waals surface area contributed by atoms with Gasteiger partial charge in [0.2, 0.25) is 0 Å². The molecule has 3 aromatic heterocycles. The average Bonchev–Trinajstić information content (AvgIpc) is 3.88. The van der Waals surface area contributed by atoms with Crippen LogP contribution in [0, 0.1) is 0 Å². The van der Waals surface area contributed by atoms with Gasteiger partial charge >= 0.3 is 0 Å². The Balaban J connectivity index is 0.995. The molecule has 63 heavy (non-hydrogen) atoms. The molecule has 0 amide bonds. The highest BCUT2D eigenvalue weighted by Crippen LogP contribution is 2.51. The first-order valence-corrected chi connectivity index (χ1v) is 22.0. The molecular formula is C57H35N5S. The van der Waals surface area contributed by atoms with Gasteiger partial charge in [0.05, 0.1) is 16.7 Å². The van der Waals surface area contributed by atoms with Crippen molar-refractivity contribution in [1.82, 2.24) is 24.1 Å². The molecule has 9 aromatic carbocycles. The van der Waals surface area contributed by atoms with Gasteiger partial charge in [0.25, 0.3) is 0 Å². The molecule has 0 saturated carbocycles. The van der Waals surface area contributed by atoms with Gasteiger partial charge in [0.1, 0.15) is 5.65 Å². The van der Waals surface area contributed by atoms with Crippen LogP contribution in [0.4, 0.5) is 0 Å². The summed E-state index contributed by atoms with van der Waals surface area (Å²) in [6, 6.07) is 75.5. The lowest BCUT2D eigenvalue weighted by atomic mass is 9.98. The standard InChI is InChI=1S/C57H35N5S/c1-3-14-36(15-4-1)41-18-11-19-42(34-41)55-58-54(59-56(60-55)43-33-28-37-16-7-8-17-40(37)35-43)39-31-29-38(30-32-39)45-22-12-25-48-51(45)52-46-23-13-27-50-53(46)62(47-24-9-10-26-49(47)63-50)57(52)61(48)44-20-5-2-6-21-44/h1-35H. The van der Waals surface area contributed by atoms with Gasteiger partial charge in [-0.1, -0.05) is 176 Å². The van der Waals surface area contributed by atoms with Crippen LogP contribution in [0.5, 0.6) is 0 Å². The zero-order valence-corrected chi connectivity index (χ0v) is 34.7. The summed E-state index contributed by atoms with van der Waals surface area (Å²) in [5, 5.41) is 6.05. The maximum atomic E-state index is 5.18. The van der Waals surface area contributed by atoms with Crippen molar-refractivity contribution in [2.24, 2.45) is 0 Å². The summed E-state index contributed by atoms with van der Waals surface area (Å²) in [6.45, 7) is 0. The van der Waals surface area contributed by atoms with E-state index < -0.39 is 0 Å². The highest BCUT2D eigenvalue weighted by atomic mass is 32.2. The largest absolute Gasteiger partial charge is 0.295 e. The molecule has 13 rings (SSSR count). The van der Waals surface area contributed by atoms with Crippen LogP contribution in [-0.2, 0) is 0 Å². The Morgan fingerprint density at radius 3 is 1.79 bits per heavy atom. The Labute approximate surface area is 367 Å². The van der Waals surface area contributed by atoms with Gasteiger partial charge < -0.3 is 0 Å². The second-order valence-corrected chi connectivity index (χ2v) is 17.1. The third-order valence-corrected chi connectivity index (χ3v) is 13.5. The van der Waals surface area contributed by atoms with Gasteiger partial charge in [-0.3, -0.25) is 9.13 Å². The van der Waals surface area contributed by atoms with E-state index in [4.69, 9.17) is 15.0 Å². The van der Waals surface area contributed by atoms with Crippen molar-refractivity contribution in [3.63, 3.8) is 0 Å². The normalized spacial score (nSPS) is 12.1. The number of benzene rings is 9. The van der Waals surface area contributed by atoms with Crippen molar-refractivity contribution in [1.29, 1.82) is 0 Å². The summed E-state index contributed by atoms with van der Waals surface area (Å²) >= 11 is 1.85. The van der Waals surface area contributed by atoms with E-state index in [0.717, 1.165) is 44.5 Å². The van der Waals surface area contributed by atoms with E-state index in [1.54, 1.807) is 0 Å². The summed E-state index contributed by atoms with van der Waals surface area (Å²) in [6.07, 6.45) is 0. The SMILES string of the molecule is c1ccc(-c2cccc(-c3nc(-c4ccc(-c5cccc6c5c5c7cccc8c7n(c5n6-c5ccccc5)-c5ccccc5S8)cc4)nc(-c4ccc5ccccc5c4)n3)c2)cc1. The van der Waals surface area contributed by atoms with Crippen LogP contribution in [0.1, 0.15) is 0 Å². The molecule has 0 atom stereocenters. The van der Waals surface area contributed by atoms with Crippen LogP contribution in [0.25, 0.3) is 111 Å². The van der Waals surface area contributed by atoms with Crippen LogP contribution in [0.2, 0.25) is 0 Å². The van der Waals surface area contributed by atoms with Crippen LogP contribution in [0.3, 0.4) is 0 Å². The highest BCUT2D eigenvalue weighted by Gasteiger charge is 2.29. The number of aromatic nitrogens is 5. The third kappa shape index (κ3) is 5.76. The van der Waals surface area contributed by atoms with E-state index in [1.807, 2.05) is 17.8 Å². The van der Waals surface area contributed by atoms with Gasteiger partial charge in [-0.25, -0.2) is 15.0 Å². The second-order valence-electron chi connectivity index (χ2n) is 16.0. The summed E-state index contributed by atoms with van der Waals surface area (Å²) in [4.78, 5) is 18.0. The molecule has 0 radical (unpaired) electrons. The van der Waals surface area contributed by atoms with Crippen molar-refractivity contribution in [2.45, 2.75) is 9.79 Å². The minimum absolute atomic E-state index is 0.626. The lowest BCUT2D eigenvalue weighted by Crippen LogP contribution is -2.05. The van der Waals surface area contributed by atoms with Crippen LogP contribution < -0.4 is 0 Å². The molecule has 0 fully saturated rings. The summed E-state index contributed by atoms with van der Waals surface area (Å²) in [5.74, 6) is 1.89. The number of fused-ring (bicyclic) bond motifs is 8. The predicted molar refractivity (Wildman–Crippen MR) is 260 cm³/mol. The molecule has 1 aliphatic heterocycles. The van der Waals surface area contributed by atoms with Crippen molar-refractivity contribution >= 4 is 55.4 Å². The number of hydrogen-bond donors (Lipinski definition) is 0. The summed E-state index contributed by atoms with van der Waals surface area (Å²) < 4.78 is 4.94. The first kappa shape index (κ1) is 35.7. The maximum Gasteiger partial charge on any atom is 0.164 e. The Morgan fingerprint density at radius 1 is 0.365 bits per heavy atom. The van der Waals surface area contributed by atoms with E-state index >= 15 is 0 Å². The van der Waals surface area contributed by atoms with E-state index in [2.05, 4.69) is 215 Å². The van der Waals surface area contributed by atoms with Crippen molar-refractivity contribution < 1.29 is 0 Å². The summed E-state index contributed by atoms with van der Waals surface area (Å²) in [7, 11) is 0. The smallest absolute Gasteiger partial charge is 0.164 e. The molecule has 294 valence electrons. The van der Waals surface area contributed by atoms with E-state index in [9.17, 15) is 0 Å². The first-order chi connectivity index (χ1) is 31.2. The molecule has 12 aromatic rings. The van der Waals surface area contributed by atoms with E-state index in [-0.39, 0.29) is 0 Å². The van der Waals surface area contributed by atoms with Crippen LogP contribution in [-0.4, -0.2) is 24.1 Å². The molecule has 0 saturated heterocycles. The zero-order valence-electron chi connectivity index (χ0n) is 33.9. The van der Waals surface area contributed by atoms with Crippen LogP contribution in [0.15, 0.2) is 222 Å². The minimum atomic E-state index is 0.626. The van der Waals surface area contributed by atoms with Gasteiger partial charge in [0.15, 0.2) is 17.5 Å².